The summed E-state index contributed by atoms with van der Waals surface area (Å²) in [7, 11) is 2.12. The number of aromatic nitrogens is 4. The van der Waals surface area contributed by atoms with Crippen LogP contribution in [0, 0.1) is 5.92 Å². The first-order chi connectivity index (χ1) is 14.2. The number of amides is 1. The largest absolute Gasteiger partial charge is 0.355 e. The summed E-state index contributed by atoms with van der Waals surface area (Å²) in [6, 6.07) is 4.08. The fourth-order valence-corrected chi connectivity index (χ4v) is 5.15. The second kappa shape index (κ2) is 7.89. The molecule has 1 amide bonds. The van der Waals surface area contributed by atoms with Gasteiger partial charge in [0.2, 0.25) is 5.91 Å². The van der Waals surface area contributed by atoms with Crippen molar-refractivity contribution in [1.29, 1.82) is 0 Å². The standard InChI is InChI=1S/C21H31N7O/c1-25-10-4-5-17(15-25)21(29)27-13-8-16(9-14-27)20-23-22-18-6-7-19(24-28(18)20)26-11-2-3-12-26/h6-7,16-17H,2-5,8-15H2,1H3. The first kappa shape index (κ1) is 18.8. The Kier molecular flexibility index (Phi) is 5.11. The fourth-order valence-electron chi connectivity index (χ4n) is 5.15. The third-order valence-corrected chi connectivity index (χ3v) is 6.85. The van der Waals surface area contributed by atoms with Crippen molar-refractivity contribution in [1.82, 2.24) is 29.6 Å². The quantitative estimate of drug-likeness (QED) is 0.786. The maximum absolute atomic E-state index is 12.9. The predicted octanol–water partition coefficient (Wildman–Crippen LogP) is 1.77. The molecule has 156 valence electrons. The van der Waals surface area contributed by atoms with Gasteiger partial charge >= 0.3 is 0 Å². The Morgan fingerprint density at radius 1 is 0.966 bits per heavy atom. The van der Waals surface area contributed by atoms with Crippen LogP contribution in [-0.4, -0.2) is 81.8 Å². The highest BCUT2D eigenvalue weighted by Crippen LogP contribution is 2.29. The molecule has 0 aromatic carbocycles. The number of carbonyl (C=O) groups is 1. The van der Waals surface area contributed by atoms with Crippen LogP contribution in [0.2, 0.25) is 0 Å². The van der Waals surface area contributed by atoms with Gasteiger partial charge in [0.25, 0.3) is 0 Å². The van der Waals surface area contributed by atoms with Crippen molar-refractivity contribution in [2.45, 2.75) is 44.4 Å². The predicted molar refractivity (Wildman–Crippen MR) is 111 cm³/mol. The SMILES string of the molecule is CN1CCCC(C(=O)N2CCC(c3nnc4ccc(N5CCCC5)nn34)CC2)C1. The number of fused-ring (bicyclic) bond motifs is 1. The number of hydrogen-bond donors (Lipinski definition) is 0. The lowest BCUT2D eigenvalue weighted by atomic mass is 9.92. The minimum atomic E-state index is 0.170. The molecular formula is C21H31N7O. The lowest BCUT2D eigenvalue weighted by molar-refractivity contribution is -0.138. The number of piperidine rings is 2. The summed E-state index contributed by atoms with van der Waals surface area (Å²) >= 11 is 0. The van der Waals surface area contributed by atoms with Crippen molar-refractivity contribution in [3.8, 4) is 0 Å². The molecular weight excluding hydrogens is 366 g/mol. The highest BCUT2D eigenvalue weighted by molar-refractivity contribution is 5.79. The van der Waals surface area contributed by atoms with Gasteiger partial charge in [0.1, 0.15) is 5.82 Å². The number of carbonyl (C=O) groups excluding carboxylic acids is 1. The summed E-state index contributed by atoms with van der Waals surface area (Å²) < 4.78 is 1.94. The number of nitrogens with zero attached hydrogens (tertiary/aromatic N) is 7. The third kappa shape index (κ3) is 3.70. The van der Waals surface area contributed by atoms with E-state index in [4.69, 9.17) is 5.10 Å². The Balaban J connectivity index is 1.27. The number of likely N-dealkylation sites (tertiary alicyclic amines) is 2. The van der Waals surface area contributed by atoms with Gasteiger partial charge in [-0.05, 0) is 64.3 Å². The smallest absolute Gasteiger partial charge is 0.226 e. The van der Waals surface area contributed by atoms with Crippen molar-refractivity contribution in [3.05, 3.63) is 18.0 Å². The van der Waals surface area contributed by atoms with Gasteiger partial charge in [-0.15, -0.1) is 15.3 Å². The number of rotatable bonds is 3. The molecule has 8 heteroatoms. The van der Waals surface area contributed by atoms with Gasteiger partial charge < -0.3 is 14.7 Å². The maximum Gasteiger partial charge on any atom is 0.226 e. The van der Waals surface area contributed by atoms with Crippen molar-refractivity contribution in [3.63, 3.8) is 0 Å². The maximum atomic E-state index is 12.9. The summed E-state index contributed by atoms with van der Waals surface area (Å²) in [6.45, 7) is 5.78. The van der Waals surface area contributed by atoms with Crippen molar-refractivity contribution in [2.24, 2.45) is 5.92 Å². The zero-order valence-corrected chi connectivity index (χ0v) is 17.3. The molecule has 3 aliphatic rings. The summed E-state index contributed by atoms with van der Waals surface area (Å²) in [6.07, 6.45) is 6.49. The Bertz CT molecular complexity index is 867. The lowest BCUT2D eigenvalue weighted by Crippen LogP contribution is -2.46. The van der Waals surface area contributed by atoms with Crippen LogP contribution < -0.4 is 4.90 Å². The molecule has 3 fully saturated rings. The van der Waals surface area contributed by atoms with E-state index in [1.54, 1.807) is 0 Å². The van der Waals surface area contributed by atoms with Gasteiger partial charge in [0.05, 0.1) is 5.92 Å². The van der Waals surface area contributed by atoms with Crippen LogP contribution >= 0.6 is 0 Å². The monoisotopic (exact) mass is 397 g/mol. The molecule has 0 N–H and O–H groups in total. The molecule has 0 spiro atoms. The Morgan fingerprint density at radius 3 is 2.52 bits per heavy atom. The molecule has 8 nitrogen and oxygen atoms in total. The average molecular weight is 398 g/mol. The van der Waals surface area contributed by atoms with Gasteiger partial charge in [-0.1, -0.05) is 0 Å². The van der Waals surface area contributed by atoms with Gasteiger partial charge in [0.15, 0.2) is 11.5 Å². The molecule has 1 atom stereocenters. The van der Waals surface area contributed by atoms with Crippen LogP contribution in [0.4, 0.5) is 5.82 Å². The highest BCUT2D eigenvalue weighted by atomic mass is 16.2. The average Bonchev–Trinajstić information content (AvgIpc) is 3.43. The van der Waals surface area contributed by atoms with Crippen LogP contribution in [0.25, 0.3) is 5.65 Å². The molecule has 3 aliphatic heterocycles. The van der Waals surface area contributed by atoms with Crippen LogP contribution in [0.15, 0.2) is 12.1 Å². The summed E-state index contributed by atoms with van der Waals surface area (Å²) in [5.41, 5.74) is 0.812. The van der Waals surface area contributed by atoms with E-state index in [1.165, 1.54) is 12.8 Å². The van der Waals surface area contributed by atoms with E-state index < -0.39 is 0 Å². The second-order valence-electron chi connectivity index (χ2n) is 8.91. The van der Waals surface area contributed by atoms with Gasteiger partial charge in [-0.2, -0.15) is 4.52 Å². The normalized spacial score (nSPS) is 24.5. The summed E-state index contributed by atoms with van der Waals surface area (Å²) in [4.78, 5) is 19.6. The summed E-state index contributed by atoms with van der Waals surface area (Å²) in [5.74, 6) is 2.79. The van der Waals surface area contributed by atoms with Gasteiger partial charge in [-0.25, -0.2) is 0 Å². The van der Waals surface area contributed by atoms with Crippen LogP contribution in [-0.2, 0) is 4.79 Å². The third-order valence-electron chi connectivity index (χ3n) is 6.85. The molecule has 1 unspecified atom stereocenters. The first-order valence-corrected chi connectivity index (χ1v) is 11.1. The highest BCUT2D eigenvalue weighted by Gasteiger charge is 2.32. The molecule has 2 aromatic rings. The molecule has 0 aliphatic carbocycles. The first-order valence-electron chi connectivity index (χ1n) is 11.1. The zero-order valence-electron chi connectivity index (χ0n) is 17.3. The van der Waals surface area contributed by atoms with E-state index in [2.05, 4.69) is 38.0 Å². The van der Waals surface area contributed by atoms with Crippen molar-refractivity contribution >= 4 is 17.4 Å². The molecule has 29 heavy (non-hydrogen) atoms. The van der Waals surface area contributed by atoms with Crippen LogP contribution in [0.1, 0.15) is 50.3 Å². The van der Waals surface area contributed by atoms with E-state index in [9.17, 15) is 4.79 Å². The Morgan fingerprint density at radius 2 is 1.76 bits per heavy atom. The molecule has 3 saturated heterocycles. The molecule has 5 heterocycles. The second-order valence-corrected chi connectivity index (χ2v) is 8.91. The minimum absolute atomic E-state index is 0.170. The Hall–Kier alpha value is -2.22. The van der Waals surface area contributed by atoms with Crippen LogP contribution in [0.5, 0.6) is 0 Å². The van der Waals surface area contributed by atoms with E-state index in [0.29, 0.717) is 11.8 Å². The molecule has 2 aromatic heterocycles. The molecule has 5 rings (SSSR count). The number of anilines is 1. The Labute approximate surface area is 171 Å². The van der Waals surface area contributed by atoms with E-state index in [-0.39, 0.29) is 5.92 Å². The molecule has 0 radical (unpaired) electrons. The number of hydrogen-bond acceptors (Lipinski definition) is 6. The van der Waals surface area contributed by atoms with E-state index in [1.807, 2.05) is 10.6 Å². The van der Waals surface area contributed by atoms with Gasteiger partial charge in [0, 0.05) is 38.6 Å². The van der Waals surface area contributed by atoms with Gasteiger partial charge in [-0.3, -0.25) is 4.79 Å². The summed E-state index contributed by atoms with van der Waals surface area (Å²) in [5, 5.41) is 13.7. The zero-order chi connectivity index (χ0) is 19.8. The molecule has 0 saturated carbocycles. The lowest BCUT2D eigenvalue weighted by Gasteiger charge is -2.36. The van der Waals surface area contributed by atoms with E-state index in [0.717, 1.165) is 82.2 Å². The van der Waals surface area contributed by atoms with Crippen molar-refractivity contribution in [2.75, 3.05) is 51.2 Å². The topological polar surface area (TPSA) is 69.9 Å². The van der Waals surface area contributed by atoms with Crippen LogP contribution in [0.3, 0.4) is 0 Å². The van der Waals surface area contributed by atoms with Crippen molar-refractivity contribution < 1.29 is 4.79 Å². The minimum Gasteiger partial charge on any atom is -0.355 e. The molecule has 0 bridgehead atoms. The fraction of sp³-hybridized carbons (Fsp3) is 0.714. The van der Waals surface area contributed by atoms with E-state index >= 15 is 0 Å².